The van der Waals surface area contributed by atoms with Gasteiger partial charge in [0.05, 0.1) is 23.8 Å². The molecule has 1 aromatic carbocycles. The Bertz CT molecular complexity index is 627. The Balaban J connectivity index is 1.71. The van der Waals surface area contributed by atoms with E-state index in [-0.39, 0.29) is 12.1 Å². The van der Waals surface area contributed by atoms with Crippen LogP contribution in [0.2, 0.25) is 0 Å². The van der Waals surface area contributed by atoms with Crippen LogP contribution in [0.15, 0.2) is 29.8 Å². The SMILES string of the molecule is Cc1cccc(OC[C@@H](C)NC(=O)NCc2scnc2C)c1. The number of amides is 2. The van der Waals surface area contributed by atoms with E-state index in [0.29, 0.717) is 13.2 Å². The summed E-state index contributed by atoms with van der Waals surface area (Å²) in [6.07, 6.45) is 0. The summed E-state index contributed by atoms with van der Waals surface area (Å²) in [4.78, 5) is 17.1. The summed E-state index contributed by atoms with van der Waals surface area (Å²) in [5.74, 6) is 0.814. The first-order chi connectivity index (χ1) is 10.5. The van der Waals surface area contributed by atoms with E-state index in [1.54, 1.807) is 16.8 Å². The molecule has 2 rings (SSSR count). The zero-order chi connectivity index (χ0) is 15.9. The predicted molar refractivity (Wildman–Crippen MR) is 88.4 cm³/mol. The smallest absolute Gasteiger partial charge is 0.315 e. The first kappa shape index (κ1) is 16.3. The molecule has 0 saturated carbocycles. The number of rotatable bonds is 6. The summed E-state index contributed by atoms with van der Waals surface area (Å²) in [7, 11) is 0. The van der Waals surface area contributed by atoms with Crippen LogP contribution in [-0.4, -0.2) is 23.7 Å². The first-order valence-electron chi connectivity index (χ1n) is 7.17. The second-order valence-electron chi connectivity index (χ2n) is 5.22. The van der Waals surface area contributed by atoms with Gasteiger partial charge in [0.2, 0.25) is 0 Å². The summed E-state index contributed by atoms with van der Waals surface area (Å²) < 4.78 is 5.67. The van der Waals surface area contributed by atoms with E-state index in [9.17, 15) is 4.79 Å². The van der Waals surface area contributed by atoms with Crippen molar-refractivity contribution in [3.05, 3.63) is 45.9 Å². The van der Waals surface area contributed by atoms with Gasteiger partial charge in [0.25, 0.3) is 0 Å². The maximum absolute atomic E-state index is 11.8. The number of hydrogen-bond acceptors (Lipinski definition) is 4. The van der Waals surface area contributed by atoms with Gasteiger partial charge in [-0.25, -0.2) is 9.78 Å². The predicted octanol–water partition coefficient (Wildman–Crippen LogP) is 3.03. The van der Waals surface area contributed by atoms with Crippen LogP contribution in [0.3, 0.4) is 0 Å². The van der Waals surface area contributed by atoms with Gasteiger partial charge in [-0.15, -0.1) is 11.3 Å². The number of nitrogens with zero attached hydrogens (tertiary/aromatic N) is 1. The molecule has 2 amide bonds. The van der Waals surface area contributed by atoms with Crippen molar-refractivity contribution in [2.45, 2.75) is 33.4 Å². The van der Waals surface area contributed by atoms with Gasteiger partial charge in [-0.1, -0.05) is 12.1 Å². The van der Waals surface area contributed by atoms with E-state index >= 15 is 0 Å². The summed E-state index contributed by atoms with van der Waals surface area (Å²) in [5.41, 5.74) is 3.89. The molecule has 0 radical (unpaired) electrons. The van der Waals surface area contributed by atoms with Gasteiger partial charge in [-0.2, -0.15) is 0 Å². The fourth-order valence-electron chi connectivity index (χ4n) is 1.90. The van der Waals surface area contributed by atoms with Crippen molar-refractivity contribution >= 4 is 17.4 Å². The van der Waals surface area contributed by atoms with Crippen LogP contribution in [0.5, 0.6) is 5.75 Å². The lowest BCUT2D eigenvalue weighted by Gasteiger charge is -2.15. The van der Waals surface area contributed by atoms with Crippen molar-refractivity contribution in [3.8, 4) is 5.75 Å². The van der Waals surface area contributed by atoms with E-state index in [0.717, 1.165) is 21.9 Å². The zero-order valence-corrected chi connectivity index (χ0v) is 13.9. The van der Waals surface area contributed by atoms with E-state index in [1.165, 1.54) is 0 Å². The monoisotopic (exact) mass is 319 g/mol. The van der Waals surface area contributed by atoms with Crippen molar-refractivity contribution in [1.29, 1.82) is 0 Å². The molecule has 22 heavy (non-hydrogen) atoms. The molecule has 0 unspecified atom stereocenters. The Hall–Kier alpha value is -2.08. The van der Waals surface area contributed by atoms with Gasteiger partial charge in [0, 0.05) is 4.88 Å². The van der Waals surface area contributed by atoms with Gasteiger partial charge >= 0.3 is 6.03 Å². The quantitative estimate of drug-likeness (QED) is 0.860. The third kappa shape index (κ3) is 5.04. The summed E-state index contributed by atoms with van der Waals surface area (Å²) in [6.45, 7) is 6.78. The highest BCUT2D eigenvalue weighted by Crippen LogP contribution is 2.12. The second-order valence-corrected chi connectivity index (χ2v) is 6.16. The van der Waals surface area contributed by atoms with E-state index in [2.05, 4.69) is 15.6 Å². The number of carbonyl (C=O) groups is 1. The van der Waals surface area contributed by atoms with Gasteiger partial charge < -0.3 is 15.4 Å². The third-order valence-corrected chi connectivity index (χ3v) is 4.06. The fraction of sp³-hybridized carbons (Fsp3) is 0.375. The molecule has 118 valence electrons. The number of nitrogens with one attached hydrogen (secondary N) is 2. The maximum Gasteiger partial charge on any atom is 0.315 e. The zero-order valence-electron chi connectivity index (χ0n) is 13.1. The normalized spacial score (nSPS) is 11.8. The van der Waals surface area contributed by atoms with Crippen molar-refractivity contribution < 1.29 is 9.53 Å². The van der Waals surface area contributed by atoms with Gasteiger partial charge in [-0.05, 0) is 38.5 Å². The molecule has 0 fully saturated rings. The van der Waals surface area contributed by atoms with Crippen LogP contribution in [0.4, 0.5) is 4.79 Å². The molecular weight excluding hydrogens is 298 g/mol. The number of aromatic nitrogens is 1. The molecule has 2 aromatic rings. The van der Waals surface area contributed by atoms with Crippen LogP contribution < -0.4 is 15.4 Å². The topological polar surface area (TPSA) is 63.2 Å². The third-order valence-electron chi connectivity index (χ3n) is 3.12. The average Bonchev–Trinajstić information content (AvgIpc) is 2.88. The van der Waals surface area contributed by atoms with Gasteiger partial charge in [-0.3, -0.25) is 0 Å². The lowest BCUT2D eigenvalue weighted by molar-refractivity contribution is 0.226. The van der Waals surface area contributed by atoms with E-state index in [4.69, 9.17) is 4.74 Å². The largest absolute Gasteiger partial charge is 0.491 e. The molecule has 6 heteroatoms. The highest BCUT2D eigenvalue weighted by atomic mass is 32.1. The summed E-state index contributed by atoms with van der Waals surface area (Å²) >= 11 is 1.54. The molecular formula is C16H21N3O2S. The van der Waals surface area contributed by atoms with Crippen molar-refractivity contribution in [2.24, 2.45) is 0 Å². The molecule has 1 heterocycles. The van der Waals surface area contributed by atoms with Crippen LogP contribution in [-0.2, 0) is 6.54 Å². The lowest BCUT2D eigenvalue weighted by Crippen LogP contribution is -2.42. The number of benzene rings is 1. The molecule has 0 aliphatic rings. The Morgan fingerprint density at radius 3 is 2.91 bits per heavy atom. The van der Waals surface area contributed by atoms with Crippen LogP contribution in [0, 0.1) is 13.8 Å². The highest BCUT2D eigenvalue weighted by molar-refractivity contribution is 7.09. The Morgan fingerprint density at radius 2 is 2.23 bits per heavy atom. The first-order valence-corrected chi connectivity index (χ1v) is 8.05. The van der Waals surface area contributed by atoms with E-state index < -0.39 is 0 Å². The van der Waals surface area contributed by atoms with Crippen molar-refractivity contribution in [1.82, 2.24) is 15.6 Å². The molecule has 1 aromatic heterocycles. The Morgan fingerprint density at radius 1 is 1.41 bits per heavy atom. The fourth-order valence-corrected chi connectivity index (χ4v) is 2.62. The lowest BCUT2D eigenvalue weighted by atomic mass is 10.2. The standard InChI is InChI=1S/C16H21N3O2S/c1-11-5-4-6-14(7-11)21-9-12(2)19-16(20)17-8-15-13(3)18-10-22-15/h4-7,10,12H,8-9H2,1-3H3,(H2,17,19,20)/t12-/m1/s1. The number of thiazole rings is 1. The number of urea groups is 1. The number of hydrogen-bond donors (Lipinski definition) is 2. The molecule has 2 N–H and O–H groups in total. The van der Waals surface area contributed by atoms with Crippen LogP contribution in [0.25, 0.3) is 0 Å². The molecule has 0 saturated heterocycles. The molecule has 5 nitrogen and oxygen atoms in total. The minimum atomic E-state index is -0.201. The number of aryl methyl sites for hydroxylation is 2. The van der Waals surface area contributed by atoms with Crippen molar-refractivity contribution in [3.63, 3.8) is 0 Å². The average molecular weight is 319 g/mol. The molecule has 0 aliphatic carbocycles. The number of carbonyl (C=O) groups excluding carboxylic acids is 1. The minimum Gasteiger partial charge on any atom is -0.491 e. The number of ether oxygens (including phenoxy) is 1. The van der Waals surface area contributed by atoms with Crippen molar-refractivity contribution in [2.75, 3.05) is 6.61 Å². The Kier molecular flexibility index (Phi) is 5.77. The molecule has 1 atom stereocenters. The molecule has 0 spiro atoms. The highest BCUT2D eigenvalue weighted by Gasteiger charge is 2.09. The molecule has 0 aliphatic heterocycles. The maximum atomic E-state index is 11.8. The van der Waals surface area contributed by atoms with Crippen LogP contribution in [0.1, 0.15) is 23.1 Å². The van der Waals surface area contributed by atoms with Gasteiger partial charge in [0.15, 0.2) is 0 Å². The van der Waals surface area contributed by atoms with Crippen LogP contribution >= 0.6 is 11.3 Å². The molecule has 0 bridgehead atoms. The summed E-state index contributed by atoms with van der Waals surface area (Å²) in [6, 6.07) is 7.57. The second kappa shape index (κ2) is 7.79. The minimum absolute atomic E-state index is 0.0805. The summed E-state index contributed by atoms with van der Waals surface area (Å²) in [5, 5.41) is 5.68. The van der Waals surface area contributed by atoms with E-state index in [1.807, 2.05) is 45.0 Å². The van der Waals surface area contributed by atoms with Gasteiger partial charge in [0.1, 0.15) is 12.4 Å². The Labute approximate surface area is 134 Å².